The third kappa shape index (κ3) is 3.33. The minimum atomic E-state index is 0.837. The molecule has 0 spiro atoms. The Morgan fingerprint density at radius 1 is 1.38 bits per heavy atom. The van der Waals surface area contributed by atoms with Crippen molar-refractivity contribution in [1.82, 2.24) is 20.1 Å². The molecule has 3 rings (SSSR count). The Kier molecular flexibility index (Phi) is 4.37. The predicted molar refractivity (Wildman–Crippen MR) is 90.7 cm³/mol. The molecule has 0 aliphatic carbocycles. The largest absolute Gasteiger partial charge is 0.312 e. The van der Waals surface area contributed by atoms with Crippen LogP contribution in [0.1, 0.15) is 16.1 Å². The highest BCUT2D eigenvalue weighted by Gasteiger charge is 2.06. The number of rotatable bonds is 5. The third-order valence-electron chi connectivity index (χ3n) is 3.43. The van der Waals surface area contributed by atoms with Crippen LogP contribution in [0.25, 0.3) is 11.0 Å². The minimum absolute atomic E-state index is 0.837. The molecule has 0 unspecified atom stereocenters. The molecular weight excluding hydrogens is 348 g/mol. The van der Waals surface area contributed by atoms with E-state index in [0.717, 1.165) is 36.2 Å². The molecule has 3 aromatic rings. The van der Waals surface area contributed by atoms with Crippen LogP contribution in [0, 0.1) is 6.92 Å². The minimum Gasteiger partial charge on any atom is -0.312 e. The molecular formula is C15H17BrN4S. The van der Waals surface area contributed by atoms with Crippen LogP contribution in [0.15, 0.2) is 28.2 Å². The molecule has 110 valence electrons. The summed E-state index contributed by atoms with van der Waals surface area (Å²) < 4.78 is 3.02. The van der Waals surface area contributed by atoms with Crippen LogP contribution >= 0.6 is 27.3 Å². The molecule has 0 bridgehead atoms. The van der Waals surface area contributed by atoms with Crippen molar-refractivity contribution in [1.29, 1.82) is 0 Å². The van der Waals surface area contributed by atoms with E-state index in [-0.39, 0.29) is 0 Å². The summed E-state index contributed by atoms with van der Waals surface area (Å²) in [6.07, 6.45) is 2.98. The zero-order valence-electron chi connectivity index (χ0n) is 12.1. The number of hydrogen-bond donors (Lipinski definition) is 1. The van der Waals surface area contributed by atoms with Crippen molar-refractivity contribution < 1.29 is 0 Å². The number of pyridine rings is 1. The SMILES string of the molecule is Cc1nn(C)c2ncc(CNCCc3ccc(Br)s3)cc12. The topological polar surface area (TPSA) is 42.7 Å². The molecule has 21 heavy (non-hydrogen) atoms. The lowest BCUT2D eigenvalue weighted by molar-refractivity contribution is 0.689. The van der Waals surface area contributed by atoms with Gasteiger partial charge in [-0.15, -0.1) is 11.3 Å². The zero-order chi connectivity index (χ0) is 14.8. The van der Waals surface area contributed by atoms with E-state index >= 15 is 0 Å². The average molecular weight is 365 g/mol. The maximum Gasteiger partial charge on any atom is 0.157 e. The maximum atomic E-state index is 4.50. The van der Waals surface area contributed by atoms with Gasteiger partial charge in [-0.1, -0.05) is 0 Å². The van der Waals surface area contributed by atoms with Gasteiger partial charge in [-0.05, 0) is 53.0 Å². The number of aryl methyl sites for hydroxylation is 2. The van der Waals surface area contributed by atoms with Crippen molar-refractivity contribution in [2.24, 2.45) is 7.05 Å². The second-order valence-electron chi connectivity index (χ2n) is 5.06. The molecule has 3 aromatic heterocycles. The van der Waals surface area contributed by atoms with Crippen molar-refractivity contribution in [3.05, 3.63) is 44.3 Å². The van der Waals surface area contributed by atoms with Crippen LogP contribution < -0.4 is 5.32 Å². The first kappa shape index (κ1) is 14.7. The number of fused-ring (bicyclic) bond motifs is 1. The lowest BCUT2D eigenvalue weighted by Crippen LogP contribution is -2.16. The molecule has 0 aliphatic rings. The van der Waals surface area contributed by atoms with Crippen molar-refractivity contribution in [3.63, 3.8) is 0 Å². The van der Waals surface area contributed by atoms with E-state index in [1.807, 2.05) is 24.9 Å². The van der Waals surface area contributed by atoms with Gasteiger partial charge in [0.1, 0.15) is 0 Å². The van der Waals surface area contributed by atoms with E-state index in [4.69, 9.17) is 0 Å². The van der Waals surface area contributed by atoms with Gasteiger partial charge in [0.15, 0.2) is 5.65 Å². The standard InChI is InChI=1S/C15H17BrN4S/c1-10-13-7-11(9-18-15(13)20(2)19-10)8-17-6-5-12-3-4-14(16)21-12/h3-4,7,9,17H,5-6,8H2,1-2H3. The van der Waals surface area contributed by atoms with E-state index in [1.165, 1.54) is 14.2 Å². The number of aromatic nitrogens is 3. The molecule has 1 N–H and O–H groups in total. The highest BCUT2D eigenvalue weighted by atomic mass is 79.9. The second kappa shape index (κ2) is 6.25. The highest BCUT2D eigenvalue weighted by Crippen LogP contribution is 2.22. The van der Waals surface area contributed by atoms with E-state index in [0.29, 0.717) is 0 Å². The van der Waals surface area contributed by atoms with E-state index < -0.39 is 0 Å². The van der Waals surface area contributed by atoms with Crippen LogP contribution in [-0.4, -0.2) is 21.3 Å². The summed E-state index contributed by atoms with van der Waals surface area (Å²) in [5.41, 5.74) is 3.18. The number of thiophene rings is 1. The molecule has 3 heterocycles. The Bertz CT molecular complexity index is 762. The summed E-state index contributed by atoms with van der Waals surface area (Å²) in [6, 6.07) is 6.45. The molecule has 0 amide bonds. The number of halogens is 1. The molecule has 0 fully saturated rings. The monoisotopic (exact) mass is 364 g/mol. The molecule has 6 heteroatoms. The first-order chi connectivity index (χ1) is 10.1. The molecule has 4 nitrogen and oxygen atoms in total. The number of nitrogens with zero attached hydrogens (tertiary/aromatic N) is 3. The highest BCUT2D eigenvalue weighted by molar-refractivity contribution is 9.11. The molecule has 0 radical (unpaired) electrons. The maximum absolute atomic E-state index is 4.50. The van der Waals surface area contributed by atoms with Gasteiger partial charge < -0.3 is 5.32 Å². The van der Waals surface area contributed by atoms with Gasteiger partial charge in [0.25, 0.3) is 0 Å². The predicted octanol–water partition coefficient (Wildman–Crippen LogP) is 3.43. The Morgan fingerprint density at radius 3 is 3.00 bits per heavy atom. The van der Waals surface area contributed by atoms with E-state index in [2.05, 4.69) is 49.5 Å². The average Bonchev–Trinajstić information content (AvgIpc) is 3.00. The molecule has 0 saturated carbocycles. The Labute approximate surface area is 136 Å². The van der Waals surface area contributed by atoms with Crippen LogP contribution in [-0.2, 0) is 20.0 Å². The van der Waals surface area contributed by atoms with Gasteiger partial charge in [-0.25, -0.2) is 4.98 Å². The first-order valence-corrected chi connectivity index (χ1v) is 8.47. The number of nitrogens with one attached hydrogen (secondary N) is 1. The number of hydrogen-bond acceptors (Lipinski definition) is 4. The van der Waals surface area contributed by atoms with Gasteiger partial charge in [-0.3, -0.25) is 4.68 Å². The lowest BCUT2D eigenvalue weighted by atomic mass is 10.2. The molecule has 0 aromatic carbocycles. The lowest BCUT2D eigenvalue weighted by Gasteiger charge is -2.04. The zero-order valence-corrected chi connectivity index (χ0v) is 14.5. The van der Waals surface area contributed by atoms with E-state index in [9.17, 15) is 0 Å². The van der Waals surface area contributed by atoms with Gasteiger partial charge in [0.05, 0.1) is 9.48 Å². The second-order valence-corrected chi connectivity index (χ2v) is 7.60. The molecule has 0 atom stereocenters. The summed E-state index contributed by atoms with van der Waals surface area (Å²) in [6.45, 7) is 3.83. The Balaban J connectivity index is 1.59. The summed E-state index contributed by atoms with van der Waals surface area (Å²) in [5, 5.41) is 9.01. The van der Waals surface area contributed by atoms with Gasteiger partial charge in [-0.2, -0.15) is 5.10 Å². The van der Waals surface area contributed by atoms with Gasteiger partial charge in [0, 0.05) is 36.6 Å². The first-order valence-electron chi connectivity index (χ1n) is 6.86. The fourth-order valence-electron chi connectivity index (χ4n) is 2.38. The Morgan fingerprint density at radius 2 is 2.24 bits per heavy atom. The van der Waals surface area contributed by atoms with Crippen molar-refractivity contribution in [3.8, 4) is 0 Å². The summed E-state index contributed by atoms with van der Waals surface area (Å²) >= 11 is 5.29. The molecule has 0 aliphatic heterocycles. The summed E-state index contributed by atoms with van der Waals surface area (Å²) in [7, 11) is 1.93. The van der Waals surface area contributed by atoms with E-state index in [1.54, 1.807) is 11.3 Å². The van der Waals surface area contributed by atoms with Crippen LogP contribution in [0.5, 0.6) is 0 Å². The van der Waals surface area contributed by atoms with Crippen LogP contribution in [0.3, 0.4) is 0 Å². The van der Waals surface area contributed by atoms with Gasteiger partial charge in [0.2, 0.25) is 0 Å². The summed E-state index contributed by atoms with van der Waals surface area (Å²) in [4.78, 5) is 5.89. The fourth-order valence-corrected chi connectivity index (χ4v) is 3.86. The van der Waals surface area contributed by atoms with Crippen LogP contribution in [0.4, 0.5) is 0 Å². The Hall–Kier alpha value is -1.24. The normalized spacial score (nSPS) is 11.4. The molecule has 0 saturated heterocycles. The van der Waals surface area contributed by atoms with Crippen molar-refractivity contribution in [2.75, 3.05) is 6.54 Å². The third-order valence-corrected chi connectivity index (χ3v) is 5.11. The quantitative estimate of drug-likeness (QED) is 0.705. The van der Waals surface area contributed by atoms with Crippen molar-refractivity contribution in [2.45, 2.75) is 19.9 Å². The van der Waals surface area contributed by atoms with Crippen LogP contribution in [0.2, 0.25) is 0 Å². The fraction of sp³-hybridized carbons (Fsp3) is 0.333. The smallest absolute Gasteiger partial charge is 0.157 e. The van der Waals surface area contributed by atoms with Crippen molar-refractivity contribution >= 4 is 38.3 Å². The van der Waals surface area contributed by atoms with Gasteiger partial charge >= 0.3 is 0 Å². The summed E-state index contributed by atoms with van der Waals surface area (Å²) in [5.74, 6) is 0.